The van der Waals surface area contributed by atoms with Gasteiger partial charge in [0.25, 0.3) is 0 Å². The van der Waals surface area contributed by atoms with Crippen LogP contribution in [0.5, 0.6) is 0 Å². The number of nitrogens with one attached hydrogen (secondary N) is 1. The van der Waals surface area contributed by atoms with Crippen molar-refractivity contribution in [2.45, 2.75) is 45.7 Å². The summed E-state index contributed by atoms with van der Waals surface area (Å²) in [7, 11) is 0. The molecule has 0 fully saturated rings. The quantitative estimate of drug-likeness (QED) is 0.606. The summed E-state index contributed by atoms with van der Waals surface area (Å²) in [6.07, 6.45) is 2.40. The zero-order chi connectivity index (χ0) is 7.98. The maximum Gasteiger partial charge on any atom is 0.0192 e. The molecule has 3 N–H and O–H groups in total. The number of rotatable bonds is 5. The van der Waals surface area contributed by atoms with Crippen molar-refractivity contribution in [2.24, 2.45) is 5.73 Å². The molecule has 0 saturated carbocycles. The monoisotopic (exact) mass is 144 g/mol. The van der Waals surface area contributed by atoms with Crippen LogP contribution in [-0.2, 0) is 0 Å². The van der Waals surface area contributed by atoms with Crippen LogP contribution in [0.25, 0.3) is 0 Å². The van der Waals surface area contributed by atoms with E-state index in [1.165, 1.54) is 12.8 Å². The van der Waals surface area contributed by atoms with Gasteiger partial charge in [0.15, 0.2) is 0 Å². The predicted octanol–water partition coefficient (Wildman–Crippen LogP) is 1.11. The first-order valence-electron chi connectivity index (χ1n) is 4.16. The van der Waals surface area contributed by atoms with Crippen molar-refractivity contribution in [1.82, 2.24) is 5.32 Å². The fraction of sp³-hybridized carbons (Fsp3) is 1.00. The highest BCUT2D eigenvalue weighted by Gasteiger charge is 2.04. The van der Waals surface area contributed by atoms with Crippen molar-refractivity contribution in [1.29, 1.82) is 0 Å². The molecule has 0 aliphatic carbocycles. The maximum absolute atomic E-state index is 5.54. The topological polar surface area (TPSA) is 38.0 Å². The minimum absolute atomic E-state index is 0.519. The molecule has 10 heavy (non-hydrogen) atoms. The lowest BCUT2D eigenvalue weighted by Crippen LogP contribution is -2.39. The van der Waals surface area contributed by atoms with Gasteiger partial charge in [0.05, 0.1) is 0 Å². The van der Waals surface area contributed by atoms with Gasteiger partial charge in [-0.2, -0.15) is 0 Å². The fourth-order valence-electron chi connectivity index (χ4n) is 1.09. The van der Waals surface area contributed by atoms with E-state index in [9.17, 15) is 0 Å². The SMILES string of the molecule is CCCC(CN)NC(C)C. The van der Waals surface area contributed by atoms with E-state index in [1.54, 1.807) is 0 Å². The molecule has 2 nitrogen and oxygen atoms in total. The van der Waals surface area contributed by atoms with Gasteiger partial charge < -0.3 is 11.1 Å². The molecule has 0 heterocycles. The van der Waals surface area contributed by atoms with Crippen molar-refractivity contribution < 1.29 is 0 Å². The smallest absolute Gasteiger partial charge is 0.0192 e. The van der Waals surface area contributed by atoms with Crippen LogP contribution in [0.15, 0.2) is 0 Å². The molecule has 0 saturated heterocycles. The molecule has 0 bridgehead atoms. The summed E-state index contributed by atoms with van der Waals surface area (Å²) in [4.78, 5) is 0. The van der Waals surface area contributed by atoms with Gasteiger partial charge in [-0.25, -0.2) is 0 Å². The second kappa shape index (κ2) is 5.69. The molecular weight excluding hydrogens is 124 g/mol. The zero-order valence-electron chi connectivity index (χ0n) is 7.35. The van der Waals surface area contributed by atoms with Crippen LogP contribution in [0, 0.1) is 0 Å². The molecule has 1 atom stereocenters. The minimum Gasteiger partial charge on any atom is -0.329 e. The van der Waals surface area contributed by atoms with Crippen molar-refractivity contribution in [3.05, 3.63) is 0 Å². The Bertz CT molecular complexity index is 71.7. The van der Waals surface area contributed by atoms with Gasteiger partial charge in [0.1, 0.15) is 0 Å². The molecular formula is C8H20N2. The molecule has 62 valence electrons. The van der Waals surface area contributed by atoms with Crippen LogP contribution in [0.3, 0.4) is 0 Å². The Morgan fingerprint density at radius 1 is 1.40 bits per heavy atom. The molecule has 0 amide bonds. The third-order valence-corrected chi connectivity index (χ3v) is 1.49. The van der Waals surface area contributed by atoms with Crippen molar-refractivity contribution in [2.75, 3.05) is 6.54 Å². The molecule has 0 aromatic rings. The lowest BCUT2D eigenvalue weighted by molar-refractivity contribution is 0.441. The molecule has 0 aliphatic heterocycles. The van der Waals surface area contributed by atoms with Gasteiger partial charge in [0.2, 0.25) is 0 Å². The summed E-state index contributed by atoms with van der Waals surface area (Å²) in [5, 5.41) is 3.41. The molecule has 0 rings (SSSR count). The van der Waals surface area contributed by atoms with Crippen LogP contribution in [0.4, 0.5) is 0 Å². The summed E-state index contributed by atoms with van der Waals surface area (Å²) < 4.78 is 0. The number of hydrogen-bond acceptors (Lipinski definition) is 2. The lowest BCUT2D eigenvalue weighted by Gasteiger charge is -2.18. The van der Waals surface area contributed by atoms with E-state index < -0.39 is 0 Å². The second-order valence-corrected chi connectivity index (χ2v) is 3.04. The minimum atomic E-state index is 0.519. The highest BCUT2D eigenvalue weighted by Crippen LogP contribution is 1.95. The standard InChI is InChI=1S/C8H20N2/c1-4-5-8(6-9)10-7(2)3/h7-8,10H,4-6,9H2,1-3H3. The van der Waals surface area contributed by atoms with Crippen molar-refractivity contribution in [3.8, 4) is 0 Å². The Morgan fingerprint density at radius 2 is 2.00 bits per heavy atom. The Labute approximate surface area is 64.2 Å². The summed E-state index contributed by atoms with van der Waals surface area (Å²) in [6.45, 7) is 7.24. The highest BCUT2D eigenvalue weighted by molar-refractivity contribution is 4.68. The number of hydrogen-bond donors (Lipinski definition) is 2. The van der Waals surface area contributed by atoms with Gasteiger partial charge >= 0.3 is 0 Å². The molecule has 0 aromatic carbocycles. The largest absolute Gasteiger partial charge is 0.329 e. The van der Waals surface area contributed by atoms with Crippen LogP contribution in [0.1, 0.15) is 33.6 Å². The van der Waals surface area contributed by atoms with E-state index in [0.717, 1.165) is 6.54 Å². The summed E-state index contributed by atoms with van der Waals surface area (Å²) >= 11 is 0. The van der Waals surface area contributed by atoms with Crippen LogP contribution in [-0.4, -0.2) is 18.6 Å². The predicted molar refractivity (Wildman–Crippen MR) is 46.0 cm³/mol. The normalized spacial score (nSPS) is 14.1. The van der Waals surface area contributed by atoms with E-state index >= 15 is 0 Å². The summed E-state index contributed by atoms with van der Waals surface area (Å²) in [5.74, 6) is 0. The molecule has 2 heteroatoms. The molecule has 0 aromatic heterocycles. The van der Waals surface area contributed by atoms with Gasteiger partial charge in [-0.05, 0) is 6.42 Å². The zero-order valence-corrected chi connectivity index (χ0v) is 7.35. The van der Waals surface area contributed by atoms with E-state index in [1.807, 2.05) is 0 Å². The van der Waals surface area contributed by atoms with Gasteiger partial charge in [0, 0.05) is 18.6 Å². The summed E-state index contributed by atoms with van der Waals surface area (Å²) in [6, 6.07) is 1.07. The second-order valence-electron chi connectivity index (χ2n) is 3.04. The van der Waals surface area contributed by atoms with Gasteiger partial charge in [-0.1, -0.05) is 27.2 Å². The fourth-order valence-corrected chi connectivity index (χ4v) is 1.09. The van der Waals surface area contributed by atoms with Gasteiger partial charge in [-0.3, -0.25) is 0 Å². The first-order valence-corrected chi connectivity index (χ1v) is 4.16. The molecule has 1 unspecified atom stereocenters. The Hall–Kier alpha value is -0.0800. The molecule has 0 radical (unpaired) electrons. The third-order valence-electron chi connectivity index (χ3n) is 1.49. The third kappa shape index (κ3) is 4.77. The Kier molecular flexibility index (Phi) is 5.64. The molecule has 0 aliphatic rings. The highest BCUT2D eigenvalue weighted by atomic mass is 15.0. The van der Waals surface area contributed by atoms with Gasteiger partial charge in [-0.15, -0.1) is 0 Å². The van der Waals surface area contributed by atoms with Crippen molar-refractivity contribution >= 4 is 0 Å². The Morgan fingerprint density at radius 3 is 2.30 bits per heavy atom. The van der Waals surface area contributed by atoms with Crippen LogP contribution < -0.4 is 11.1 Å². The maximum atomic E-state index is 5.54. The summed E-state index contributed by atoms with van der Waals surface area (Å²) in [5.41, 5.74) is 5.54. The first-order chi connectivity index (χ1) is 4.70. The first kappa shape index (κ1) is 9.92. The van der Waals surface area contributed by atoms with Crippen LogP contribution in [0.2, 0.25) is 0 Å². The van der Waals surface area contributed by atoms with E-state index in [0.29, 0.717) is 12.1 Å². The number of nitrogens with two attached hydrogens (primary N) is 1. The average molecular weight is 144 g/mol. The van der Waals surface area contributed by atoms with E-state index in [4.69, 9.17) is 5.73 Å². The van der Waals surface area contributed by atoms with Crippen LogP contribution >= 0.6 is 0 Å². The van der Waals surface area contributed by atoms with E-state index in [2.05, 4.69) is 26.1 Å². The molecule has 0 spiro atoms. The van der Waals surface area contributed by atoms with E-state index in [-0.39, 0.29) is 0 Å². The van der Waals surface area contributed by atoms with Crippen molar-refractivity contribution in [3.63, 3.8) is 0 Å². The average Bonchev–Trinajstić information content (AvgIpc) is 1.86. The lowest BCUT2D eigenvalue weighted by atomic mass is 10.1. The Balaban J connectivity index is 3.39.